The lowest BCUT2D eigenvalue weighted by Gasteiger charge is -2.35. The Morgan fingerprint density at radius 2 is 1.93 bits per heavy atom. The third-order valence-corrected chi connectivity index (χ3v) is 8.08. The van der Waals surface area contributed by atoms with Gasteiger partial charge in [0.25, 0.3) is 14.3 Å². The molecule has 15 heavy (non-hydrogen) atoms. The highest BCUT2D eigenvalue weighted by molar-refractivity contribution is 9.10. The summed E-state index contributed by atoms with van der Waals surface area (Å²) in [5.74, 6) is 0. The van der Waals surface area contributed by atoms with Gasteiger partial charge in [-0.05, 0) is 34.1 Å². The SMILES string of the molecule is Cn1c(Br)cnc1O[Si](C)(C)C(C)(C)C. The van der Waals surface area contributed by atoms with Crippen molar-refractivity contribution >= 4 is 24.2 Å². The Morgan fingerprint density at radius 3 is 2.27 bits per heavy atom. The zero-order chi connectivity index (χ0) is 11.9. The smallest absolute Gasteiger partial charge is 0.283 e. The first-order valence-corrected chi connectivity index (χ1v) is 8.71. The highest BCUT2D eigenvalue weighted by Gasteiger charge is 2.39. The summed E-state index contributed by atoms with van der Waals surface area (Å²) < 4.78 is 8.94. The Bertz CT molecular complexity index is 355. The molecule has 3 nitrogen and oxygen atoms in total. The average molecular weight is 291 g/mol. The molecular formula is C10H19BrN2OSi. The first-order valence-electron chi connectivity index (χ1n) is 5.01. The molecule has 1 aromatic rings. The van der Waals surface area contributed by atoms with Crippen LogP contribution in [-0.2, 0) is 7.05 Å². The number of hydrogen-bond acceptors (Lipinski definition) is 2. The van der Waals surface area contributed by atoms with E-state index >= 15 is 0 Å². The molecule has 0 aliphatic heterocycles. The summed E-state index contributed by atoms with van der Waals surface area (Å²) in [6.45, 7) is 11.1. The first kappa shape index (κ1) is 12.8. The van der Waals surface area contributed by atoms with Crippen LogP contribution in [0.5, 0.6) is 6.01 Å². The third kappa shape index (κ3) is 2.63. The van der Waals surface area contributed by atoms with Gasteiger partial charge in [-0.3, -0.25) is 4.57 Å². The predicted octanol–water partition coefficient (Wildman–Crippen LogP) is 3.57. The van der Waals surface area contributed by atoms with Crippen molar-refractivity contribution in [3.05, 3.63) is 10.8 Å². The summed E-state index contributed by atoms with van der Waals surface area (Å²) in [6.07, 6.45) is 1.77. The maximum atomic E-state index is 6.08. The van der Waals surface area contributed by atoms with Crippen LogP contribution in [0.3, 0.4) is 0 Å². The Balaban J connectivity index is 2.92. The van der Waals surface area contributed by atoms with E-state index in [4.69, 9.17) is 4.43 Å². The van der Waals surface area contributed by atoms with Gasteiger partial charge in [0.15, 0.2) is 0 Å². The van der Waals surface area contributed by atoms with Crippen molar-refractivity contribution in [2.75, 3.05) is 0 Å². The van der Waals surface area contributed by atoms with Crippen LogP contribution in [0.2, 0.25) is 18.1 Å². The Morgan fingerprint density at radius 1 is 1.40 bits per heavy atom. The summed E-state index contributed by atoms with van der Waals surface area (Å²) in [7, 11) is 0.176. The van der Waals surface area contributed by atoms with E-state index in [1.54, 1.807) is 6.20 Å². The average Bonchev–Trinajstić information content (AvgIpc) is 2.33. The number of imidazole rings is 1. The molecule has 1 rings (SSSR count). The minimum Gasteiger partial charge on any atom is -0.518 e. The molecule has 0 spiro atoms. The van der Waals surface area contributed by atoms with Crippen molar-refractivity contribution in [2.24, 2.45) is 7.05 Å². The highest BCUT2D eigenvalue weighted by Crippen LogP contribution is 2.37. The van der Waals surface area contributed by atoms with E-state index in [-0.39, 0.29) is 5.04 Å². The molecule has 1 heterocycles. The van der Waals surface area contributed by atoms with E-state index < -0.39 is 8.32 Å². The molecule has 0 unspecified atom stereocenters. The van der Waals surface area contributed by atoms with Gasteiger partial charge < -0.3 is 4.43 Å². The Hall–Kier alpha value is -0.293. The second kappa shape index (κ2) is 3.94. The fraction of sp³-hybridized carbons (Fsp3) is 0.700. The molecule has 5 heteroatoms. The molecule has 0 amide bonds. The van der Waals surface area contributed by atoms with Gasteiger partial charge in [0.1, 0.15) is 4.60 Å². The number of halogens is 1. The Kier molecular flexibility index (Phi) is 3.35. The maximum Gasteiger partial charge on any atom is 0.283 e. The molecule has 0 saturated carbocycles. The van der Waals surface area contributed by atoms with Gasteiger partial charge in [0.05, 0.1) is 6.20 Å². The number of rotatable bonds is 2. The topological polar surface area (TPSA) is 27.1 Å². The normalized spacial score (nSPS) is 13.0. The van der Waals surface area contributed by atoms with E-state index in [0.717, 1.165) is 4.60 Å². The molecule has 0 bridgehead atoms. The van der Waals surface area contributed by atoms with Crippen molar-refractivity contribution in [3.63, 3.8) is 0 Å². The van der Waals surface area contributed by atoms with Crippen LogP contribution in [0.1, 0.15) is 20.8 Å². The second-order valence-electron chi connectivity index (χ2n) is 5.28. The minimum atomic E-state index is -1.77. The first-order chi connectivity index (χ1) is 6.65. The predicted molar refractivity (Wildman–Crippen MR) is 68.7 cm³/mol. The molecular weight excluding hydrogens is 272 g/mol. The Labute approximate surface area is 101 Å². The largest absolute Gasteiger partial charge is 0.518 e. The summed E-state index contributed by atoms with van der Waals surface area (Å²) >= 11 is 3.41. The lowest BCUT2D eigenvalue weighted by Crippen LogP contribution is -2.44. The summed E-state index contributed by atoms with van der Waals surface area (Å²) in [5.41, 5.74) is 0. The molecule has 0 aliphatic rings. The van der Waals surface area contributed by atoms with Crippen LogP contribution < -0.4 is 4.43 Å². The second-order valence-corrected chi connectivity index (χ2v) is 10.8. The van der Waals surface area contributed by atoms with Gasteiger partial charge in [-0.2, -0.15) is 0 Å². The van der Waals surface area contributed by atoms with Crippen LogP contribution in [0.4, 0.5) is 0 Å². The van der Waals surface area contributed by atoms with Crippen LogP contribution >= 0.6 is 15.9 Å². The zero-order valence-electron chi connectivity index (χ0n) is 10.3. The molecule has 0 aliphatic carbocycles. The lowest BCUT2D eigenvalue weighted by molar-refractivity contribution is 0.442. The summed E-state index contributed by atoms with van der Waals surface area (Å²) in [5, 5.41) is 0.200. The van der Waals surface area contributed by atoms with E-state index in [1.165, 1.54) is 0 Å². The fourth-order valence-electron chi connectivity index (χ4n) is 0.849. The monoisotopic (exact) mass is 290 g/mol. The van der Waals surface area contributed by atoms with Gasteiger partial charge >= 0.3 is 0 Å². The number of hydrogen-bond donors (Lipinski definition) is 0. The van der Waals surface area contributed by atoms with Gasteiger partial charge in [-0.1, -0.05) is 20.8 Å². The van der Waals surface area contributed by atoms with E-state index in [2.05, 4.69) is 54.8 Å². The van der Waals surface area contributed by atoms with E-state index in [0.29, 0.717) is 6.01 Å². The standard InChI is InChI=1S/C10H19BrN2OSi/c1-10(2,3)15(5,6)14-9-12-7-8(11)13(9)4/h7H,1-6H3. The molecule has 0 aromatic carbocycles. The lowest BCUT2D eigenvalue weighted by atomic mass is 10.2. The molecule has 0 N–H and O–H groups in total. The van der Waals surface area contributed by atoms with Gasteiger partial charge in [0, 0.05) is 7.05 Å². The van der Waals surface area contributed by atoms with Crippen LogP contribution in [0, 0.1) is 0 Å². The van der Waals surface area contributed by atoms with Crippen molar-refractivity contribution in [2.45, 2.75) is 38.9 Å². The zero-order valence-corrected chi connectivity index (χ0v) is 12.8. The maximum absolute atomic E-state index is 6.08. The fourth-order valence-corrected chi connectivity index (χ4v) is 2.06. The van der Waals surface area contributed by atoms with E-state index in [9.17, 15) is 0 Å². The van der Waals surface area contributed by atoms with Crippen molar-refractivity contribution < 1.29 is 4.43 Å². The molecule has 86 valence electrons. The minimum absolute atomic E-state index is 0.200. The van der Waals surface area contributed by atoms with Crippen LogP contribution in [0.15, 0.2) is 10.8 Å². The number of nitrogens with zero attached hydrogens (tertiary/aromatic N) is 2. The molecule has 1 aromatic heterocycles. The van der Waals surface area contributed by atoms with Crippen LogP contribution in [-0.4, -0.2) is 17.9 Å². The highest BCUT2D eigenvalue weighted by atomic mass is 79.9. The molecule has 0 radical (unpaired) electrons. The quantitative estimate of drug-likeness (QED) is 0.779. The molecule has 0 atom stereocenters. The van der Waals surface area contributed by atoms with Crippen molar-refractivity contribution in [1.29, 1.82) is 0 Å². The van der Waals surface area contributed by atoms with Gasteiger partial charge in [-0.15, -0.1) is 0 Å². The van der Waals surface area contributed by atoms with Crippen LogP contribution in [0.25, 0.3) is 0 Å². The van der Waals surface area contributed by atoms with E-state index in [1.807, 2.05) is 11.6 Å². The van der Waals surface area contributed by atoms with Crippen molar-refractivity contribution in [1.82, 2.24) is 9.55 Å². The van der Waals surface area contributed by atoms with Gasteiger partial charge in [-0.25, -0.2) is 4.98 Å². The summed E-state index contributed by atoms with van der Waals surface area (Å²) in [4.78, 5) is 4.24. The third-order valence-electron chi connectivity index (χ3n) is 3.04. The van der Waals surface area contributed by atoms with Gasteiger partial charge in [0.2, 0.25) is 0 Å². The molecule has 0 fully saturated rings. The summed E-state index contributed by atoms with van der Waals surface area (Å²) in [6, 6.07) is 0.702. The molecule has 0 saturated heterocycles. The number of aromatic nitrogens is 2. The van der Waals surface area contributed by atoms with Crippen molar-refractivity contribution in [3.8, 4) is 6.01 Å².